The Balaban J connectivity index is 1.62. The van der Waals surface area contributed by atoms with E-state index in [9.17, 15) is 4.79 Å². The van der Waals surface area contributed by atoms with Gasteiger partial charge in [-0.3, -0.25) is 4.79 Å². The van der Waals surface area contributed by atoms with E-state index in [1.807, 2.05) is 48.5 Å². The van der Waals surface area contributed by atoms with E-state index in [0.29, 0.717) is 25.3 Å². The molecule has 0 saturated heterocycles. The molecule has 1 N–H and O–H groups in total. The molecule has 2 aromatic rings. The average Bonchev–Trinajstić information content (AvgIpc) is 2.52. The molecule has 3 nitrogen and oxygen atoms in total. The van der Waals surface area contributed by atoms with Gasteiger partial charge in [0, 0.05) is 17.6 Å². The molecule has 0 aliphatic rings. The number of rotatable bonds is 7. The van der Waals surface area contributed by atoms with E-state index in [1.165, 1.54) is 0 Å². The van der Waals surface area contributed by atoms with Crippen molar-refractivity contribution in [2.24, 2.45) is 0 Å². The van der Waals surface area contributed by atoms with Gasteiger partial charge in [-0.1, -0.05) is 42.5 Å². The molecule has 0 aliphatic heterocycles. The van der Waals surface area contributed by atoms with Gasteiger partial charge in [0.05, 0.1) is 12.2 Å². The zero-order valence-corrected chi connectivity index (χ0v) is 13.3. The molecule has 21 heavy (non-hydrogen) atoms. The lowest BCUT2D eigenvalue weighted by atomic mass is 10.2. The minimum atomic E-state index is -0.0643. The van der Waals surface area contributed by atoms with Crippen molar-refractivity contribution in [2.75, 3.05) is 13.2 Å². The Hall–Kier alpha value is -1.65. The Morgan fingerprint density at radius 2 is 1.76 bits per heavy atom. The van der Waals surface area contributed by atoms with Gasteiger partial charge in [0.1, 0.15) is 0 Å². The second-order valence-electron chi connectivity index (χ2n) is 4.63. The van der Waals surface area contributed by atoms with Crippen molar-refractivity contribution in [3.63, 3.8) is 0 Å². The summed E-state index contributed by atoms with van der Waals surface area (Å²) in [5.74, 6) is -0.0643. The van der Waals surface area contributed by atoms with Gasteiger partial charge < -0.3 is 10.1 Å². The fraction of sp³-hybridized carbons (Fsp3) is 0.235. The highest BCUT2D eigenvalue weighted by Crippen LogP contribution is 2.15. The average molecular weight is 348 g/mol. The first-order valence-electron chi connectivity index (χ1n) is 6.92. The largest absolute Gasteiger partial charge is 0.377 e. The van der Waals surface area contributed by atoms with Crippen molar-refractivity contribution in [2.45, 2.75) is 13.0 Å². The van der Waals surface area contributed by atoms with E-state index in [0.717, 1.165) is 16.5 Å². The first-order chi connectivity index (χ1) is 10.3. The molecule has 0 aliphatic carbocycles. The summed E-state index contributed by atoms with van der Waals surface area (Å²) >= 11 is 3.37. The van der Waals surface area contributed by atoms with Gasteiger partial charge in [-0.2, -0.15) is 0 Å². The van der Waals surface area contributed by atoms with Crippen molar-refractivity contribution in [1.29, 1.82) is 0 Å². The van der Waals surface area contributed by atoms with Gasteiger partial charge in [0.2, 0.25) is 0 Å². The number of carbonyl (C=O) groups excluding carboxylic acids is 1. The van der Waals surface area contributed by atoms with Crippen LogP contribution in [0, 0.1) is 0 Å². The first kappa shape index (κ1) is 15.7. The van der Waals surface area contributed by atoms with E-state index in [4.69, 9.17) is 4.74 Å². The fourth-order valence-corrected chi connectivity index (χ4v) is 2.35. The molecular formula is C17H18BrNO2. The quantitative estimate of drug-likeness (QED) is 0.774. The van der Waals surface area contributed by atoms with Crippen LogP contribution in [0.1, 0.15) is 22.3 Å². The minimum Gasteiger partial charge on any atom is -0.377 e. The maximum Gasteiger partial charge on any atom is 0.252 e. The summed E-state index contributed by atoms with van der Waals surface area (Å²) in [4.78, 5) is 11.9. The number of ether oxygens (including phenoxy) is 1. The lowest BCUT2D eigenvalue weighted by Gasteiger charge is -2.07. The van der Waals surface area contributed by atoms with Crippen molar-refractivity contribution < 1.29 is 9.53 Å². The lowest BCUT2D eigenvalue weighted by molar-refractivity contribution is 0.0934. The molecule has 0 aromatic heterocycles. The van der Waals surface area contributed by atoms with Gasteiger partial charge in [-0.15, -0.1) is 0 Å². The molecule has 0 saturated carbocycles. The molecule has 110 valence electrons. The van der Waals surface area contributed by atoms with E-state index in [-0.39, 0.29) is 5.91 Å². The van der Waals surface area contributed by atoms with Gasteiger partial charge in [0.15, 0.2) is 0 Å². The van der Waals surface area contributed by atoms with Crippen molar-refractivity contribution in [3.8, 4) is 0 Å². The Kier molecular flexibility index (Phi) is 6.44. The normalized spacial score (nSPS) is 10.3. The first-order valence-corrected chi connectivity index (χ1v) is 7.71. The lowest BCUT2D eigenvalue weighted by Crippen LogP contribution is -2.25. The number of hydrogen-bond donors (Lipinski definition) is 1. The number of carbonyl (C=O) groups is 1. The molecule has 2 aromatic carbocycles. The molecule has 2 rings (SSSR count). The third kappa shape index (κ3) is 5.33. The number of nitrogens with one attached hydrogen (secondary N) is 1. The summed E-state index contributed by atoms with van der Waals surface area (Å²) in [6, 6.07) is 17.4. The van der Waals surface area contributed by atoms with Crippen molar-refractivity contribution in [3.05, 3.63) is 70.2 Å². The monoisotopic (exact) mass is 347 g/mol. The maximum atomic E-state index is 11.9. The zero-order valence-electron chi connectivity index (χ0n) is 11.7. The van der Waals surface area contributed by atoms with E-state index >= 15 is 0 Å². The Labute approximate surface area is 133 Å². The Morgan fingerprint density at radius 1 is 1.05 bits per heavy atom. The second-order valence-corrected chi connectivity index (χ2v) is 5.48. The summed E-state index contributed by atoms with van der Waals surface area (Å²) < 4.78 is 6.38. The summed E-state index contributed by atoms with van der Waals surface area (Å²) in [5, 5.41) is 2.89. The number of benzene rings is 2. The standard InChI is InChI=1S/C17H18BrNO2/c18-16-10-5-4-9-15(16)17(20)19-11-6-12-21-13-14-7-2-1-3-8-14/h1-5,7-10H,6,11-13H2,(H,19,20). The molecule has 4 heteroatoms. The van der Waals surface area contributed by atoms with E-state index in [1.54, 1.807) is 6.07 Å². The maximum absolute atomic E-state index is 11.9. The van der Waals surface area contributed by atoms with Crippen LogP contribution in [-0.2, 0) is 11.3 Å². The van der Waals surface area contributed by atoms with Crippen molar-refractivity contribution >= 4 is 21.8 Å². The Morgan fingerprint density at radius 3 is 2.52 bits per heavy atom. The molecule has 0 atom stereocenters. The van der Waals surface area contributed by atoms with Crippen molar-refractivity contribution in [1.82, 2.24) is 5.32 Å². The van der Waals surface area contributed by atoms with Crippen LogP contribution in [0.4, 0.5) is 0 Å². The van der Waals surface area contributed by atoms with Crippen LogP contribution in [0.2, 0.25) is 0 Å². The van der Waals surface area contributed by atoms with Crippen LogP contribution in [0.25, 0.3) is 0 Å². The highest BCUT2D eigenvalue weighted by atomic mass is 79.9. The number of halogens is 1. The summed E-state index contributed by atoms with van der Waals surface area (Å²) in [5.41, 5.74) is 1.82. The van der Waals surface area contributed by atoms with Crippen LogP contribution in [0.5, 0.6) is 0 Å². The van der Waals surface area contributed by atoms with Gasteiger partial charge >= 0.3 is 0 Å². The van der Waals surface area contributed by atoms with Gasteiger partial charge in [-0.25, -0.2) is 0 Å². The van der Waals surface area contributed by atoms with E-state index in [2.05, 4.69) is 21.2 Å². The summed E-state index contributed by atoms with van der Waals surface area (Å²) in [6.45, 7) is 1.85. The third-order valence-electron chi connectivity index (χ3n) is 2.98. The number of amides is 1. The molecule has 0 radical (unpaired) electrons. The molecule has 0 spiro atoms. The van der Waals surface area contributed by atoms with Crippen LogP contribution in [0.15, 0.2) is 59.1 Å². The molecular weight excluding hydrogens is 330 g/mol. The smallest absolute Gasteiger partial charge is 0.252 e. The molecule has 0 fully saturated rings. The predicted molar refractivity (Wildman–Crippen MR) is 87.2 cm³/mol. The van der Waals surface area contributed by atoms with Crippen LogP contribution >= 0.6 is 15.9 Å². The SMILES string of the molecule is O=C(NCCCOCc1ccccc1)c1ccccc1Br. The number of hydrogen-bond acceptors (Lipinski definition) is 2. The second kappa shape index (κ2) is 8.60. The van der Waals surface area contributed by atoms with Gasteiger partial charge in [0.25, 0.3) is 5.91 Å². The third-order valence-corrected chi connectivity index (χ3v) is 3.67. The minimum absolute atomic E-state index is 0.0643. The van der Waals surface area contributed by atoms with Crippen LogP contribution in [-0.4, -0.2) is 19.1 Å². The summed E-state index contributed by atoms with van der Waals surface area (Å²) in [6.07, 6.45) is 0.795. The Bertz CT molecular complexity index is 572. The molecule has 0 bridgehead atoms. The molecule has 1 amide bonds. The molecule has 0 heterocycles. The topological polar surface area (TPSA) is 38.3 Å². The molecule has 0 unspecified atom stereocenters. The highest BCUT2D eigenvalue weighted by Gasteiger charge is 2.07. The van der Waals surface area contributed by atoms with Crippen LogP contribution in [0.3, 0.4) is 0 Å². The summed E-state index contributed by atoms with van der Waals surface area (Å²) in [7, 11) is 0. The fourth-order valence-electron chi connectivity index (χ4n) is 1.88. The highest BCUT2D eigenvalue weighted by molar-refractivity contribution is 9.10. The zero-order chi connectivity index (χ0) is 14.9. The van der Waals surface area contributed by atoms with E-state index < -0.39 is 0 Å². The predicted octanol–water partition coefficient (Wildman–Crippen LogP) is 3.79. The van der Waals surface area contributed by atoms with Crippen LogP contribution < -0.4 is 5.32 Å². The van der Waals surface area contributed by atoms with Gasteiger partial charge in [-0.05, 0) is 40.0 Å².